The third kappa shape index (κ3) is 2.67. The minimum absolute atomic E-state index is 0.833. The minimum Gasteiger partial charge on any atom is -0.481 e. The number of rotatable bonds is 0. The number of carbonyl (C=O) groups is 1. The van der Waals surface area contributed by atoms with Crippen molar-refractivity contribution >= 4 is 16.9 Å². The summed E-state index contributed by atoms with van der Waals surface area (Å²) in [4.78, 5) is 12.5. The zero-order valence-electron chi connectivity index (χ0n) is 9.99. The van der Waals surface area contributed by atoms with Gasteiger partial charge in [-0.15, -0.1) is 0 Å². The van der Waals surface area contributed by atoms with E-state index >= 15 is 0 Å². The number of benzene rings is 1. The van der Waals surface area contributed by atoms with Gasteiger partial charge in [-0.05, 0) is 37.3 Å². The monoisotopic (exact) mass is 231 g/mol. The summed E-state index contributed by atoms with van der Waals surface area (Å²) in [5, 5.41) is 8.86. The van der Waals surface area contributed by atoms with Crippen molar-refractivity contribution in [3.63, 3.8) is 0 Å². The van der Waals surface area contributed by atoms with Gasteiger partial charge in [0.2, 0.25) is 0 Å². The van der Waals surface area contributed by atoms with Crippen molar-refractivity contribution in [1.29, 1.82) is 0 Å². The number of carboxylic acid groups (broad SMARTS) is 1. The molecule has 0 radical (unpaired) electrons. The number of aromatic amines is 1. The molecule has 1 aliphatic rings. The van der Waals surface area contributed by atoms with Crippen LogP contribution >= 0.6 is 0 Å². The highest BCUT2D eigenvalue weighted by Crippen LogP contribution is 2.28. The van der Waals surface area contributed by atoms with Crippen LogP contribution in [0.1, 0.15) is 31.0 Å². The van der Waals surface area contributed by atoms with Crippen LogP contribution in [0.5, 0.6) is 0 Å². The lowest BCUT2D eigenvalue weighted by atomic mass is 9.96. The maximum absolute atomic E-state index is 9.00. The number of H-pyrrole nitrogens is 1. The summed E-state index contributed by atoms with van der Waals surface area (Å²) in [6, 6.07) is 8.64. The normalized spacial score (nSPS) is 13.7. The van der Waals surface area contributed by atoms with Crippen molar-refractivity contribution in [2.45, 2.75) is 32.6 Å². The largest absolute Gasteiger partial charge is 0.481 e. The molecule has 2 N–H and O–H groups in total. The molecule has 0 saturated heterocycles. The Morgan fingerprint density at radius 3 is 2.65 bits per heavy atom. The number of aromatic nitrogens is 1. The molecule has 1 aliphatic carbocycles. The Morgan fingerprint density at radius 2 is 1.88 bits per heavy atom. The predicted molar refractivity (Wildman–Crippen MR) is 68.3 cm³/mol. The molecule has 1 heterocycles. The molecule has 0 unspecified atom stereocenters. The smallest absolute Gasteiger partial charge is 0.300 e. The van der Waals surface area contributed by atoms with E-state index in [1.807, 2.05) is 0 Å². The molecule has 0 atom stereocenters. The maximum Gasteiger partial charge on any atom is 0.300 e. The molecule has 3 rings (SSSR count). The lowest BCUT2D eigenvalue weighted by Crippen LogP contribution is -1.99. The van der Waals surface area contributed by atoms with Gasteiger partial charge in [-0.25, -0.2) is 0 Å². The van der Waals surface area contributed by atoms with E-state index in [9.17, 15) is 0 Å². The van der Waals surface area contributed by atoms with Crippen LogP contribution in [0, 0.1) is 0 Å². The molecular weight excluding hydrogens is 214 g/mol. The van der Waals surface area contributed by atoms with E-state index in [4.69, 9.17) is 9.90 Å². The fraction of sp³-hybridized carbons (Fsp3) is 0.357. The van der Waals surface area contributed by atoms with Gasteiger partial charge in [-0.2, -0.15) is 0 Å². The molecule has 0 saturated carbocycles. The van der Waals surface area contributed by atoms with Crippen molar-refractivity contribution in [2.24, 2.45) is 0 Å². The molecule has 3 nitrogen and oxygen atoms in total. The average Bonchev–Trinajstić information content (AvgIpc) is 2.66. The summed E-state index contributed by atoms with van der Waals surface area (Å²) in [5.74, 6) is -0.833. The van der Waals surface area contributed by atoms with Crippen molar-refractivity contribution in [1.82, 2.24) is 4.98 Å². The average molecular weight is 231 g/mol. The predicted octanol–water partition coefficient (Wildman–Crippen LogP) is 3.14. The van der Waals surface area contributed by atoms with Crippen LogP contribution in [0.25, 0.3) is 10.9 Å². The zero-order valence-corrected chi connectivity index (χ0v) is 9.99. The molecule has 1 aromatic carbocycles. The molecule has 1 aromatic heterocycles. The fourth-order valence-electron chi connectivity index (χ4n) is 2.36. The van der Waals surface area contributed by atoms with E-state index in [2.05, 4.69) is 29.2 Å². The topological polar surface area (TPSA) is 53.1 Å². The number of carboxylic acids is 1. The molecule has 90 valence electrons. The van der Waals surface area contributed by atoms with E-state index in [0.717, 1.165) is 6.92 Å². The Bertz CT molecular complexity index is 524. The number of hydrogen-bond donors (Lipinski definition) is 2. The second kappa shape index (κ2) is 5.04. The van der Waals surface area contributed by atoms with Gasteiger partial charge in [0.25, 0.3) is 5.97 Å². The number of hydrogen-bond acceptors (Lipinski definition) is 1. The fourth-order valence-corrected chi connectivity index (χ4v) is 2.36. The minimum atomic E-state index is -0.833. The Hall–Kier alpha value is -1.77. The second-order valence-corrected chi connectivity index (χ2v) is 4.35. The Balaban J connectivity index is 0.000000239. The van der Waals surface area contributed by atoms with Gasteiger partial charge in [0.05, 0.1) is 0 Å². The Kier molecular flexibility index (Phi) is 3.47. The Morgan fingerprint density at radius 1 is 1.24 bits per heavy atom. The van der Waals surface area contributed by atoms with Gasteiger partial charge in [-0.1, -0.05) is 18.2 Å². The van der Waals surface area contributed by atoms with E-state index < -0.39 is 5.97 Å². The Labute approximate surface area is 100 Å². The van der Waals surface area contributed by atoms with Crippen LogP contribution in [0.3, 0.4) is 0 Å². The molecule has 0 amide bonds. The van der Waals surface area contributed by atoms with E-state index in [0.29, 0.717) is 0 Å². The first-order chi connectivity index (χ1) is 8.18. The molecule has 0 fully saturated rings. The third-order valence-corrected chi connectivity index (χ3v) is 3.01. The van der Waals surface area contributed by atoms with Gasteiger partial charge in [0.1, 0.15) is 0 Å². The lowest BCUT2D eigenvalue weighted by Gasteiger charge is -2.10. The highest BCUT2D eigenvalue weighted by Gasteiger charge is 2.13. The second-order valence-electron chi connectivity index (χ2n) is 4.35. The summed E-state index contributed by atoms with van der Waals surface area (Å²) in [5.41, 5.74) is 4.36. The molecule has 17 heavy (non-hydrogen) atoms. The van der Waals surface area contributed by atoms with E-state index in [1.165, 1.54) is 42.3 Å². The first-order valence-electron chi connectivity index (χ1n) is 5.96. The number of nitrogens with one attached hydrogen (secondary N) is 1. The standard InChI is InChI=1S/C12H13N.C2H4O2/c1-3-7-11-9(5-1)10-6-2-4-8-12(10)13-11;1-2(3)4/h1,3,5,7,13H,2,4,6,8H2;1H3,(H,3,4). The van der Waals surface area contributed by atoms with E-state index in [1.54, 1.807) is 5.56 Å². The summed E-state index contributed by atoms with van der Waals surface area (Å²) in [6.07, 6.45) is 5.21. The first-order valence-corrected chi connectivity index (χ1v) is 5.96. The highest BCUT2D eigenvalue weighted by atomic mass is 16.4. The van der Waals surface area contributed by atoms with E-state index in [-0.39, 0.29) is 0 Å². The molecule has 0 spiro atoms. The molecule has 3 heteroatoms. The highest BCUT2D eigenvalue weighted by molar-refractivity contribution is 5.84. The van der Waals surface area contributed by atoms with Crippen molar-refractivity contribution in [2.75, 3.05) is 0 Å². The summed E-state index contributed by atoms with van der Waals surface area (Å²) in [6.45, 7) is 1.08. The molecular formula is C14H17NO2. The third-order valence-electron chi connectivity index (χ3n) is 3.01. The van der Waals surface area contributed by atoms with Crippen LogP contribution in [0.4, 0.5) is 0 Å². The number of para-hydroxylation sites is 1. The van der Waals surface area contributed by atoms with Crippen LogP contribution in [-0.4, -0.2) is 16.1 Å². The van der Waals surface area contributed by atoms with Crippen LogP contribution in [0.2, 0.25) is 0 Å². The zero-order chi connectivity index (χ0) is 12.3. The molecule has 2 aromatic rings. The number of aryl methyl sites for hydroxylation is 2. The summed E-state index contributed by atoms with van der Waals surface area (Å²) < 4.78 is 0. The quantitative estimate of drug-likeness (QED) is 0.731. The maximum atomic E-state index is 9.00. The van der Waals surface area contributed by atoms with Crippen molar-refractivity contribution in [3.05, 3.63) is 35.5 Å². The first kappa shape index (κ1) is 11.7. The van der Waals surface area contributed by atoms with Gasteiger partial charge < -0.3 is 10.1 Å². The number of fused-ring (bicyclic) bond motifs is 3. The lowest BCUT2D eigenvalue weighted by molar-refractivity contribution is -0.134. The van der Waals surface area contributed by atoms with Crippen LogP contribution in [-0.2, 0) is 17.6 Å². The summed E-state index contributed by atoms with van der Waals surface area (Å²) in [7, 11) is 0. The van der Waals surface area contributed by atoms with Gasteiger partial charge in [0.15, 0.2) is 0 Å². The van der Waals surface area contributed by atoms with Crippen LogP contribution < -0.4 is 0 Å². The van der Waals surface area contributed by atoms with Gasteiger partial charge in [-0.3, -0.25) is 4.79 Å². The SMILES string of the molecule is CC(=O)O.c1ccc2c3c([nH]c2c1)CCCC3. The van der Waals surface area contributed by atoms with Crippen molar-refractivity contribution < 1.29 is 9.90 Å². The molecule has 0 bridgehead atoms. The van der Waals surface area contributed by atoms with Gasteiger partial charge in [0, 0.05) is 23.5 Å². The number of aliphatic carboxylic acids is 1. The van der Waals surface area contributed by atoms with Crippen molar-refractivity contribution in [3.8, 4) is 0 Å². The van der Waals surface area contributed by atoms with Crippen LogP contribution in [0.15, 0.2) is 24.3 Å². The van der Waals surface area contributed by atoms with Gasteiger partial charge >= 0.3 is 0 Å². The summed E-state index contributed by atoms with van der Waals surface area (Å²) >= 11 is 0. The molecule has 0 aliphatic heterocycles.